The van der Waals surface area contributed by atoms with Gasteiger partial charge >= 0.3 is 0 Å². The van der Waals surface area contributed by atoms with Crippen molar-refractivity contribution in [3.05, 3.63) is 89.6 Å². The Morgan fingerprint density at radius 3 is 2.42 bits per heavy atom. The Kier molecular flexibility index (Phi) is 6.58. The summed E-state index contributed by atoms with van der Waals surface area (Å²) in [6.07, 6.45) is 7.00. The molecule has 1 amide bonds. The van der Waals surface area contributed by atoms with Crippen LogP contribution in [0.3, 0.4) is 0 Å². The zero-order chi connectivity index (χ0) is 22.6. The number of benzene rings is 1. The molecular weight excluding hydrogens is 410 g/mol. The summed E-state index contributed by atoms with van der Waals surface area (Å²) in [7, 11) is 0. The Morgan fingerprint density at radius 1 is 1.03 bits per heavy atom. The number of nitrogens with zero attached hydrogens (tertiary/aromatic N) is 3. The van der Waals surface area contributed by atoms with Crippen LogP contribution in [0.1, 0.15) is 53.3 Å². The van der Waals surface area contributed by atoms with Gasteiger partial charge in [-0.15, -0.1) is 0 Å². The number of carbonyl (C=O) groups is 1. The van der Waals surface area contributed by atoms with Crippen LogP contribution >= 0.6 is 0 Å². The number of aromatic nitrogens is 1. The normalized spacial score (nSPS) is 18.2. The average molecular weight is 444 g/mol. The lowest BCUT2D eigenvalue weighted by atomic mass is 9.84. The van der Waals surface area contributed by atoms with Crippen LogP contribution in [0.25, 0.3) is 0 Å². The number of rotatable bonds is 8. The Balaban J connectivity index is 1.34. The highest BCUT2D eigenvalue weighted by Crippen LogP contribution is 2.36. The molecule has 33 heavy (non-hydrogen) atoms. The number of amides is 1. The maximum atomic E-state index is 13.6. The summed E-state index contributed by atoms with van der Waals surface area (Å²) >= 11 is 0. The highest BCUT2D eigenvalue weighted by molar-refractivity contribution is 5.93. The van der Waals surface area contributed by atoms with E-state index in [2.05, 4.69) is 51.2 Å². The van der Waals surface area contributed by atoms with E-state index < -0.39 is 0 Å². The number of carbonyl (C=O) groups excluding carboxylic acids is 1. The number of hydrogen-bond donors (Lipinski definition) is 0. The molecule has 1 saturated heterocycles. The van der Waals surface area contributed by atoms with Crippen molar-refractivity contribution in [1.82, 2.24) is 14.8 Å². The molecule has 2 aliphatic rings. The van der Waals surface area contributed by atoms with Crippen molar-refractivity contribution in [2.75, 3.05) is 13.1 Å². The Hall–Kier alpha value is -2.92. The van der Waals surface area contributed by atoms with Gasteiger partial charge in [0.1, 0.15) is 17.2 Å². The van der Waals surface area contributed by atoms with Gasteiger partial charge < -0.3 is 9.32 Å². The first-order valence-corrected chi connectivity index (χ1v) is 12.2. The van der Waals surface area contributed by atoms with Crippen LogP contribution < -0.4 is 0 Å². The summed E-state index contributed by atoms with van der Waals surface area (Å²) in [6.45, 7) is 4.93. The first-order valence-electron chi connectivity index (χ1n) is 12.2. The molecule has 1 aromatic carbocycles. The van der Waals surface area contributed by atoms with Crippen LogP contribution in [0, 0.1) is 12.8 Å². The van der Waals surface area contributed by atoms with Crippen molar-refractivity contribution in [1.29, 1.82) is 0 Å². The predicted octanol–water partition coefficient (Wildman–Crippen LogP) is 5.11. The van der Waals surface area contributed by atoms with Gasteiger partial charge in [0.15, 0.2) is 0 Å². The quantitative estimate of drug-likeness (QED) is 0.485. The van der Waals surface area contributed by atoms with E-state index in [-0.39, 0.29) is 11.9 Å². The minimum atomic E-state index is 0.0903. The summed E-state index contributed by atoms with van der Waals surface area (Å²) in [5.74, 6) is 2.58. The largest absolute Gasteiger partial charge is 0.465 e. The number of pyridine rings is 1. The van der Waals surface area contributed by atoms with Gasteiger partial charge in [-0.2, -0.15) is 0 Å². The molecule has 3 heterocycles. The van der Waals surface area contributed by atoms with Crippen molar-refractivity contribution in [3.8, 4) is 0 Å². The lowest BCUT2D eigenvalue weighted by molar-refractivity contribution is 0.0471. The molecule has 1 aliphatic carbocycles. The van der Waals surface area contributed by atoms with E-state index in [1.807, 2.05) is 31.2 Å². The van der Waals surface area contributed by atoms with Gasteiger partial charge in [-0.1, -0.05) is 36.4 Å². The molecular formula is C28H33N3O2. The summed E-state index contributed by atoms with van der Waals surface area (Å²) in [5, 5.41) is 0. The molecule has 0 N–H and O–H groups in total. The average Bonchev–Trinajstić information content (AvgIpc) is 3.61. The summed E-state index contributed by atoms with van der Waals surface area (Å²) in [6, 6.07) is 20.9. The molecule has 172 valence electrons. The third-order valence-electron chi connectivity index (χ3n) is 7.06. The third-order valence-corrected chi connectivity index (χ3v) is 7.06. The highest BCUT2D eigenvalue weighted by atomic mass is 16.3. The maximum Gasteiger partial charge on any atom is 0.272 e. The second-order valence-corrected chi connectivity index (χ2v) is 9.54. The molecule has 2 aromatic heterocycles. The molecule has 0 bridgehead atoms. The van der Waals surface area contributed by atoms with E-state index in [0.717, 1.165) is 63.3 Å². The van der Waals surface area contributed by atoms with E-state index in [4.69, 9.17) is 4.42 Å². The lowest BCUT2D eigenvalue weighted by Crippen LogP contribution is -2.50. The summed E-state index contributed by atoms with van der Waals surface area (Å²) in [4.78, 5) is 22.7. The van der Waals surface area contributed by atoms with Gasteiger partial charge in [0, 0.05) is 18.3 Å². The number of furan rings is 1. The smallest absolute Gasteiger partial charge is 0.272 e. The monoisotopic (exact) mass is 443 g/mol. The topological polar surface area (TPSA) is 49.6 Å². The standard InChI is InChI=1S/C28H33N3O2/c1-21-10-13-25(33-21)20-30-17-14-23(15-18-30)27(19-22-7-3-2-4-8-22)31(24-11-12-24)28(32)26-9-5-6-16-29-26/h2-10,13,16,23-24,27H,11-12,14-15,17-20H2,1H3/t27-/m1/s1. The maximum absolute atomic E-state index is 13.6. The van der Waals surface area contributed by atoms with Gasteiger partial charge in [-0.3, -0.25) is 14.7 Å². The van der Waals surface area contributed by atoms with Gasteiger partial charge in [-0.05, 0) is 87.9 Å². The first kappa shape index (κ1) is 21.9. The molecule has 1 aliphatic heterocycles. The van der Waals surface area contributed by atoms with Crippen LogP contribution in [-0.4, -0.2) is 45.9 Å². The molecule has 2 fully saturated rings. The number of piperidine rings is 1. The van der Waals surface area contributed by atoms with Crippen molar-refractivity contribution < 1.29 is 9.21 Å². The van der Waals surface area contributed by atoms with Crippen molar-refractivity contribution >= 4 is 5.91 Å². The fraction of sp³-hybridized carbons (Fsp3) is 0.429. The van der Waals surface area contributed by atoms with Gasteiger partial charge in [0.25, 0.3) is 5.91 Å². The van der Waals surface area contributed by atoms with Gasteiger partial charge in [-0.25, -0.2) is 0 Å². The van der Waals surface area contributed by atoms with Gasteiger partial charge in [0.05, 0.1) is 6.54 Å². The van der Waals surface area contributed by atoms with E-state index in [9.17, 15) is 4.79 Å². The van der Waals surface area contributed by atoms with Crippen LogP contribution in [0.2, 0.25) is 0 Å². The number of hydrogen-bond acceptors (Lipinski definition) is 4. The molecule has 0 unspecified atom stereocenters. The molecule has 1 saturated carbocycles. The van der Waals surface area contributed by atoms with Crippen molar-refractivity contribution in [2.45, 2.75) is 57.7 Å². The highest BCUT2D eigenvalue weighted by Gasteiger charge is 2.42. The van der Waals surface area contributed by atoms with Crippen LogP contribution in [0.15, 0.2) is 71.3 Å². The Morgan fingerprint density at radius 2 is 1.79 bits per heavy atom. The second-order valence-electron chi connectivity index (χ2n) is 9.54. The predicted molar refractivity (Wildman–Crippen MR) is 129 cm³/mol. The van der Waals surface area contributed by atoms with Crippen LogP contribution in [-0.2, 0) is 13.0 Å². The zero-order valence-corrected chi connectivity index (χ0v) is 19.4. The fourth-order valence-corrected chi connectivity index (χ4v) is 5.20. The molecule has 1 atom stereocenters. The summed E-state index contributed by atoms with van der Waals surface area (Å²) < 4.78 is 5.80. The van der Waals surface area contributed by atoms with E-state index in [1.54, 1.807) is 6.20 Å². The lowest BCUT2D eigenvalue weighted by Gasteiger charge is -2.41. The third kappa shape index (κ3) is 5.36. The number of likely N-dealkylation sites (tertiary alicyclic amines) is 1. The summed E-state index contributed by atoms with van der Waals surface area (Å²) in [5.41, 5.74) is 1.86. The first-order chi connectivity index (χ1) is 16.2. The minimum absolute atomic E-state index is 0.0903. The molecule has 5 nitrogen and oxygen atoms in total. The Labute approximate surface area is 196 Å². The minimum Gasteiger partial charge on any atom is -0.465 e. The molecule has 5 rings (SSSR count). The molecule has 0 spiro atoms. The van der Waals surface area contributed by atoms with Crippen molar-refractivity contribution in [3.63, 3.8) is 0 Å². The molecule has 3 aromatic rings. The SMILES string of the molecule is Cc1ccc(CN2CCC([C@@H](Cc3ccccc3)N(C(=O)c3ccccn3)C3CC3)CC2)o1. The van der Waals surface area contributed by atoms with Gasteiger partial charge in [0.2, 0.25) is 0 Å². The zero-order valence-electron chi connectivity index (χ0n) is 19.4. The van der Waals surface area contributed by atoms with E-state index >= 15 is 0 Å². The Bertz CT molecular complexity index is 1040. The fourth-order valence-electron chi connectivity index (χ4n) is 5.20. The van der Waals surface area contributed by atoms with Crippen molar-refractivity contribution in [2.24, 2.45) is 5.92 Å². The molecule has 0 radical (unpaired) electrons. The van der Waals surface area contributed by atoms with E-state index in [0.29, 0.717) is 17.7 Å². The molecule has 5 heteroatoms. The van der Waals surface area contributed by atoms with Crippen LogP contribution in [0.5, 0.6) is 0 Å². The van der Waals surface area contributed by atoms with E-state index in [1.165, 1.54) is 5.56 Å². The second kappa shape index (κ2) is 9.92. The van der Waals surface area contributed by atoms with Crippen LogP contribution in [0.4, 0.5) is 0 Å². The number of aryl methyl sites for hydroxylation is 1.